The van der Waals surface area contributed by atoms with E-state index in [1.54, 1.807) is 23.6 Å². The molecule has 0 spiro atoms. The van der Waals surface area contributed by atoms with Gasteiger partial charge in [0, 0.05) is 43.6 Å². The number of halogens is 2. The summed E-state index contributed by atoms with van der Waals surface area (Å²) in [6.45, 7) is 1.61. The van der Waals surface area contributed by atoms with Crippen LogP contribution in [-0.4, -0.2) is 21.5 Å². The molecule has 0 fully saturated rings. The summed E-state index contributed by atoms with van der Waals surface area (Å²) in [6, 6.07) is 11.4. The highest BCUT2D eigenvalue weighted by atomic mass is 32.1. The van der Waals surface area contributed by atoms with E-state index < -0.39 is 5.92 Å². The molecule has 0 aliphatic heterocycles. The second-order valence-electron chi connectivity index (χ2n) is 6.94. The maximum Gasteiger partial charge on any atom is 0.286 e. The lowest BCUT2D eigenvalue weighted by Crippen LogP contribution is -2.09. The number of benzene rings is 1. The highest BCUT2D eigenvalue weighted by molar-refractivity contribution is 7.18. The van der Waals surface area contributed by atoms with E-state index in [0.717, 1.165) is 58.2 Å². The Morgan fingerprint density at radius 2 is 1.90 bits per heavy atom. The smallest absolute Gasteiger partial charge is 0.286 e. The van der Waals surface area contributed by atoms with Crippen LogP contribution in [0.25, 0.3) is 21.2 Å². The van der Waals surface area contributed by atoms with Crippen LogP contribution in [-0.2, 0) is 12.3 Å². The quantitative estimate of drug-likeness (QED) is 0.385. The number of nitrogens with zero attached hydrogens (tertiary/aromatic N) is 3. The first-order valence-corrected chi connectivity index (χ1v) is 10.2. The third-order valence-corrected chi connectivity index (χ3v) is 5.63. The van der Waals surface area contributed by atoms with E-state index in [1.165, 1.54) is 12.3 Å². The van der Waals surface area contributed by atoms with Gasteiger partial charge in [0.05, 0.1) is 4.88 Å². The van der Waals surface area contributed by atoms with Gasteiger partial charge in [-0.05, 0) is 47.6 Å². The van der Waals surface area contributed by atoms with Gasteiger partial charge in [0.2, 0.25) is 0 Å². The summed E-state index contributed by atoms with van der Waals surface area (Å²) in [6.07, 6.45) is 8.69. The standard InChI is InChI=1S/C22H20F2N4S/c1-22(23,24)20-7-4-15(12-27-20)3-2-9-26-21-28-14-19(29-21)17-5-6-18-13-25-10-8-16(18)11-17/h4-8,10-14H,2-3,9H2,1H3,(H,26,28). The monoisotopic (exact) mass is 410 g/mol. The molecule has 148 valence electrons. The highest BCUT2D eigenvalue weighted by Crippen LogP contribution is 2.31. The molecule has 0 aliphatic carbocycles. The predicted octanol–water partition coefficient (Wildman–Crippen LogP) is 5.91. The van der Waals surface area contributed by atoms with Gasteiger partial charge in [-0.15, -0.1) is 0 Å². The van der Waals surface area contributed by atoms with E-state index in [4.69, 9.17) is 0 Å². The molecule has 0 radical (unpaired) electrons. The molecule has 1 N–H and O–H groups in total. The first kappa shape index (κ1) is 19.4. The Kier molecular flexibility index (Phi) is 5.49. The molecule has 4 aromatic rings. The molecule has 0 saturated carbocycles. The average molecular weight is 410 g/mol. The van der Waals surface area contributed by atoms with Crippen LogP contribution in [0, 0.1) is 0 Å². The summed E-state index contributed by atoms with van der Waals surface area (Å²) < 4.78 is 26.4. The third-order valence-electron chi connectivity index (χ3n) is 4.62. The molecule has 1 aromatic carbocycles. The molecule has 4 nitrogen and oxygen atoms in total. The summed E-state index contributed by atoms with van der Waals surface area (Å²) in [7, 11) is 0. The number of aryl methyl sites for hydroxylation is 1. The number of hydrogen-bond acceptors (Lipinski definition) is 5. The predicted molar refractivity (Wildman–Crippen MR) is 113 cm³/mol. The average Bonchev–Trinajstić information content (AvgIpc) is 3.19. The number of nitrogens with one attached hydrogen (secondary N) is 1. The van der Waals surface area contributed by atoms with Crippen LogP contribution in [0.4, 0.5) is 13.9 Å². The fourth-order valence-electron chi connectivity index (χ4n) is 3.05. The largest absolute Gasteiger partial charge is 0.361 e. The zero-order chi connectivity index (χ0) is 20.3. The van der Waals surface area contributed by atoms with E-state index in [1.807, 2.05) is 18.5 Å². The normalized spacial score (nSPS) is 11.7. The van der Waals surface area contributed by atoms with Crippen LogP contribution in [0.2, 0.25) is 0 Å². The van der Waals surface area contributed by atoms with Gasteiger partial charge in [0.25, 0.3) is 5.92 Å². The number of thiazole rings is 1. The second-order valence-corrected chi connectivity index (χ2v) is 7.97. The Hall–Kier alpha value is -2.93. The highest BCUT2D eigenvalue weighted by Gasteiger charge is 2.25. The molecule has 29 heavy (non-hydrogen) atoms. The summed E-state index contributed by atoms with van der Waals surface area (Å²) in [4.78, 5) is 13.6. The van der Waals surface area contributed by atoms with Crippen molar-refractivity contribution in [3.63, 3.8) is 0 Å². The summed E-state index contributed by atoms with van der Waals surface area (Å²) in [5.41, 5.74) is 1.89. The minimum Gasteiger partial charge on any atom is -0.361 e. The lowest BCUT2D eigenvalue weighted by atomic mass is 10.1. The SMILES string of the molecule is CC(F)(F)c1ccc(CCCNc2ncc(-c3ccc4cnccc4c3)s2)cn1. The third kappa shape index (κ3) is 4.74. The lowest BCUT2D eigenvalue weighted by molar-refractivity contribution is 0.0127. The number of rotatable bonds is 7. The van der Waals surface area contributed by atoms with Gasteiger partial charge in [0.15, 0.2) is 5.13 Å². The molecule has 4 rings (SSSR count). The minimum atomic E-state index is -2.90. The van der Waals surface area contributed by atoms with Crippen molar-refractivity contribution in [1.82, 2.24) is 15.0 Å². The van der Waals surface area contributed by atoms with Gasteiger partial charge in [0.1, 0.15) is 5.69 Å². The molecule has 0 aliphatic rings. The fourth-order valence-corrected chi connectivity index (χ4v) is 3.88. The topological polar surface area (TPSA) is 50.7 Å². The molecule has 0 saturated heterocycles. The molecule has 3 aromatic heterocycles. The molecular formula is C22H20F2N4S. The Labute approximate surface area is 171 Å². The zero-order valence-electron chi connectivity index (χ0n) is 15.9. The maximum atomic E-state index is 13.2. The van der Waals surface area contributed by atoms with E-state index >= 15 is 0 Å². The molecule has 7 heteroatoms. The summed E-state index contributed by atoms with van der Waals surface area (Å²) >= 11 is 1.61. The Balaban J connectivity index is 1.31. The van der Waals surface area contributed by atoms with Crippen LogP contribution in [0.1, 0.15) is 24.6 Å². The van der Waals surface area contributed by atoms with Crippen molar-refractivity contribution in [2.75, 3.05) is 11.9 Å². The number of pyridine rings is 2. The molecule has 0 amide bonds. The van der Waals surface area contributed by atoms with Crippen molar-refractivity contribution >= 4 is 27.2 Å². The number of alkyl halides is 2. The van der Waals surface area contributed by atoms with Gasteiger partial charge in [-0.2, -0.15) is 8.78 Å². The minimum absolute atomic E-state index is 0.195. The Morgan fingerprint density at radius 3 is 2.69 bits per heavy atom. The van der Waals surface area contributed by atoms with Crippen molar-refractivity contribution in [3.05, 3.63) is 72.4 Å². The maximum absolute atomic E-state index is 13.2. The first-order valence-electron chi connectivity index (χ1n) is 9.36. The van der Waals surface area contributed by atoms with Crippen molar-refractivity contribution < 1.29 is 8.78 Å². The van der Waals surface area contributed by atoms with Crippen LogP contribution >= 0.6 is 11.3 Å². The molecule has 0 unspecified atom stereocenters. The number of anilines is 1. The number of hydrogen-bond donors (Lipinski definition) is 1. The van der Waals surface area contributed by atoms with Crippen LogP contribution in [0.3, 0.4) is 0 Å². The second kappa shape index (κ2) is 8.21. The zero-order valence-corrected chi connectivity index (χ0v) is 16.7. The van der Waals surface area contributed by atoms with Crippen LogP contribution in [0.5, 0.6) is 0 Å². The van der Waals surface area contributed by atoms with E-state index in [9.17, 15) is 8.78 Å². The van der Waals surface area contributed by atoms with Crippen LogP contribution in [0.15, 0.2) is 61.2 Å². The van der Waals surface area contributed by atoms with Crippen molar-refractivity contribution in [3.8, 4) is 10.4 Å². The van der Waals surface area contributed by atoms with Gasteiger partial charge >= 0.3 is 0 Å². The fraction of sp³-hybridized carbons (Fsp3) is 0.227. The van der Waals surface area contributed by atoms with Gasteiger partial charge in [-0.25, -0.2) is 4.98 Å². The number of aromatic nitrogens is 3. The first-order chi connectivity index (χ1) is 14.0. The van der Waals surface area contributed by atoms with Gasteiger partial charge in [-0.3, -0.25) is 9.97 Å². The van der Waals surface area contributed by atoms with Gasteiger partial charge in [-0.1, -0.05) is 29.5 Å². The molecule has 0 bridgehead atoms. The van der Waals surface area contributed by atoms with Gasteiger partial charge < -0.3 is 5.32 Å². The molecule has 0 atom stereocenters. The van der Waals surface area contributed by atoms with E-state index in [-0.39, 0.29) is 5.69 Å². The lowest BCUT2D eigenvalue weighted by Gasteiger charge is -2.09. The summed E-state index contributed by atoms with van der Waals surface area (Å²) in [5.74, 6) is -2.90. The Bertz CT molecular complexity index is 1100. The van der Waals surface area contributed by atoms with Crippen LogP contribution < -0.4 is 5.32 Å². The number of fused-ring (bicyclic) bond motifs is 1. The Morgan fingerprint density at radius 1 is 1.00 bits per heavy atom. The van der Waals surface area contributed by atoms with Crippen molar-refractivity contribution in [1.29, 1.82) is 0 Å². The van der Waals surface area contributed by atoms with Crippen molar-refractivity contribution in [2.24, 2.45) is 0 Å². The van der Waals surface area contributed by atoms with Crippen molar-refractivity contribution in [2.45, 2.75) is 25.7 Å². The summed E-state index contributed by atoms with van der Waals surface area (Å²) in [5, 5.41) is 6.47. The van der Waals surface area contributed by atoms with E-state index in [2.05, 4.69) is 38.5 Å². The molecule has 3 heterocycles. The van der Waals surface area contributed by atoms with E-state index in [0.29, 0.717) is 0 Å². The molecular weight excluding hydrogens is 390 g/mol.